The minimum absolute atomic E-state index is 0.0468. The molecule has 3 heterocycles. The topological polar surface area (TPSA) is 49.0 Å². The molecule has 3 atom stereocenters. The highest BCUT2D eigenvalue weighted by Gasteiger charge is 2.27. The van der Waals surface area contributed by atoms with Crippen LogP contribution in [0.15, 0.2) is 27.6 Å². The van der Waals surface area contributed by atoms with Crippen molar-refractivity contribution < 1.29 is 4.74 Å². The molecule has 2 aliphatic rings. The summed E-state index contributed by atoms with van der Waals surface area (Å²) >= 11 is 3.52. The molecule has 0 amide bonds. The Morgan fingerprint density at radius 3 is 2.73 bits per heavy atom. The molecule has 140 valence electrons. The van der Waals surface area contributed by atoms with E-state index in [1.807, 2.05) is 15.2 Å². The predicted octanol–water partition coefficient (Wildman–Crippen LogP) is 4.58. The van der Waals surface area contributed by atoms with Gasteiger partial charge in [-0.25, -0.2) is 14.3 Å². The van der Waals surface area contributed by atoms with Crippen LogP contribution >= 0.6 is 15.9 Å². The SMILES string of the molecule is C[C@@H]1CC(Cn2c(=O)n(C3=CCCCC3)c3ncc(Br)cc32)C[C@H](C)O1. The van der Waals surface area contributed by atoms with Gasteiger partial charge in [0.25, 0.3) is 0 Å². The third-order valence-electron chi connectivity index (χ3n) is 5.53. The van der Waals surface area contributed by atoms with Gasteiger partial charge < -0.3 is 4.74 Å². The lowest BCUT2D eigenvalue weighted by atomic mass is 9.92. The minimum Gasteiger partial charge on any atom is -0.376 e. The third kappa shape index (κ3) is 3.41. The molecule has 1 fully saturated rings. The van der Waals surface area contributed by atoms with Crippen molar-refractivity contribution in [2.24, 2.45) is 5.92 Å². The molecule has 0 N–H and O–H groups in total. The van der Waals surface area contributed by atoms with Crippen LogP contribution in [0.2, 0.25) is 0 Å². The molecule has 1 aliphatic heterocycles. The molecule has 5 nitrogen and oxygen atoms in total. The second kappa shape index (κ2) is 7.31. The van der Waals surface area contributed by atoms with Gasteiger partial charge in [-0.3, -0.25) is 4.57 Å². The van der Waals surface area contributed by atoms with E-state index in [1.54, 1.807) is 6.20 Å². The highest BCUT2D eigenvalue weighted by Crippen LogP contribution is 2.29. The van der Waals surface area contributed by atoms with Gasteiger partial charge in [0, 0.05) is 22.9 Å². The number of hydrogen-bond donors (Lipinski definition) is 0. The van der Waals surface area contributed by atoms with E-state index >= 15 is 0 Å². The number of imidazole rings is 1. The van der Waals surface area contributed by atoms with Gasteiger partial charge in [-0.2, -0.15) is 0 Å². The van der Waals surface area contributed by atoms with Gasteiger partial charge in [-0.15, -0.1) is 0 Å². The average molecular weight is 420 g/mol. The van der Waals surface area contributed by atoms with Crippen molar-refractivity contribution in [3.8, 4) is 0 Å². The molecular weight excluding hydrogens is 394 g/mol. The largest absolute Gasteiger partial charge is 0.376 e. The molecule has 1 saturated heterocycles. The van der Waals surface area contributed by atoms with Gasteiger partial charge in [0.1, 0.15) is 0 Å². The van der Waals surface area contributed by atoms with Crippen LogP contribution in [0.5, 0.6) is 0 Å². The van der Waals surface area contributed by atoms with Crippen LogP contribution in [0.1, 0.15) is 52.4 Å². The summed E-state index contributed by atoms with van der Waals surface area (Å²) in [5.41, 5.74) is 2.85. The maximum atomic E-state index is 13.3. The molecule has 0 saturated carbocycles. The van der Waals surface area contributed by atoms with E-state index in [9.17, 15) is 4.79 Å². The Balaban J connectivity index is 1.79. The average Bonchev–Trinajstić information content (AvgIpc) is 2.86. The molecule has 4 rings (SSSR count). The zero-order valence-electron chi connectivity index (χ0n) is 15.4. The van der Waals surface area contributed by atoms with Crippen LogP contribution in [0.25, 0.3) is 16.9 Å². The van der Waals surface area contributed by atoms with E-state index in [0.717, 1.165) is 60.0 Å². The van der Waals surface area contributed by atoms with Crippen LogP contribution in [-0.2, 0) is 11.3 Å². The zero-order chi connectivity index (χ0) is 18.3. The number of fused-ring (bicyclic) bond motifs is 1. The molecule has 2 aromatic rings. The Kier molecular flexibility index (Phi) is 5.06. The Morgan fingerprint density at radius 2 is 2.04 bits per heavy atom. The van der Waals surface area contributed by atoms with Crippen LogP contribution < -0.4 is 5.69 Å². The lowest BCUT2D eigenvalue weighted by Gasteiger charge is -2.32. The Hall–Kier alpha value is -1.40. The molecule has 1 unspecified atom stereocenters. The van der Waals surface area contributed by atoms with E-state index in [1.165, 1.54) is 6.42 Å². The molecule has 0 aromatic carbocycles. The van der Waals surface area contributed by atoms with Gasteiger partial charge >= 0.3 is 5.69 Å². The van der Waals surface area contributed by atoms with E-state index in [2.05, 4.69) is 40.8 Å². The molecule has 0 spiro atoms. The normalized spacial score (nSPS) is 26.9. The second-order valence-corrected chi connectivity index (χ2v) is 8.68. The van der Waals surface area contributed by atoms with E-state index in [4.69, 9.17) is 4.74 Å². The monoisotopic (exact) mass is 419 g/mol. The van der Waals surface area contributed by atoms with Crippen LogP contribution in [-0.4, -0.2) is 26.3 Å². The quantitative estimate of drug-likeness (QED) is 0.731. The lowest BCUT2D eigenvalue weighted by molar-refractivity contribution is -0.0548. The molecule has 2 aromatic heterocycles. The summed E-state index contributed by atoms with van der Waals surface area (Å²) in [6.45, 7) is 4.98. The molecule has 0 radical (unpaired) electrons. The van der Waals surface area contributed by atoms with Crippen molar-refractivity contribution in [1.29, 1.82) is 0 Å². The number of halogens is 1. The van der Waals surface area contributed by atoms with E-state index in [0.29, 0.717) is 5.92 Å². The number of allylic oxidation sites excluding steroid dienone is 2. The van der Waals surface area contributed by atoms with Gasteiger partial charge in [-0.05, 0) is 80.3 Å². The standard InChI is InChI=1S/C20H26BrN3O2/c1-13-8-15(9-14(2)26-13)12-23-18-10-16(21)11-22-19(18)24(20(23)25)17-6-4-3-5-7-17/h6,10-11,13-15H,3-5,7-9,12H2,1-2H3/t13-,14+,15?. The van der Waals surface area contributed by atoms with Crippen LogP contribution in [0.3, 0.4) is 0 Å². The lowest BCUT2D eigenvalue weighted by Crippen LogP contribution is -2.34. The van der Waals surface area contributed by atoms with Gasteiger partial charge in [-0.1, -0.05) is 6.08 Å². The van der Waals surface area contributed by atoms with Gasteiger partial charge in [0.05, 0.1) is 17.7 Å². The van der Waals surface area contributed by atoms with Crippen molar-refractivity contribution in [3.63, 3.8) is 0 Å². The Morgan fingerprint density at radius 1 is 1.27 bits per heavy atom. The summed E-state index contributed by atoms with van der Waals surface area (Å²) in [4.78, 5) is 17.9. The van der Waals surface area contributed by atoms with Crippen molar-refractivity contribution in [1.82, 2.24) is 14.1 Å². The summed E-state index contributed by atoms with van der Waals surface area (Å²) in [6, 6.07) is 2.02. The molecule has 1 aliphatic carbocycles. The number of hydrogen-bond acceptors (Lipinski definition) is 3. The predicted molar refractivity (Wildman–Crippen MR) is 107 cm³/mol. The maximum absolute atomic E-state index is 13.3. The highest BCUT2D eigenvalue weighted by atomic mass is 79.9. The first kappa shape index (κ1) is 18.0. The van der Waals surface area contributed by atoms with Crippen LogP contribution in [0.4, 0.5) is 0 Å². The first-order valence-corrected chi connectivity index (χ1v) is 10.4. The second-order valence-electron chi connectivity index (χ2n) is 7.76. The third-order valence-corrected chi connectivity index (χ3v) is 5.96. The summed E-state index contributed by atoms with van der Waals surface area (Å²) in [5.74, 6) is 0.449. The molecular formula is C20H26BrN3O2. The number of pyridine rings is 1. The maximum Gasteiger partial charge on any atom is 0.334 e. The first-order chi connectivity index (χ1) is 12.5. The fourth-order valence-corrected chi connectivity index (χ4v) is 4.84. The fourth-order valence-electron chi connectivity index (χ4n) is 4.52. The summed E-state index contributed by atoms with van der Waals surface area (Å²) in [6.07, 6.45) is 10.8. The number of ether oxygens (including phenoxy) is 1. The number of nitrogens with zero attached hydrogens (tertiary/aromatic N) is 3. The fraction of sp³-hybridized carbons (Fsp3) is 0.600. The van der Waals surface area contributed by atoms with Gasteiger partial charge in [0.2, 0.25) is 0 Å². The Labute approximate surface area is 162 Å². The number of rotatable bonds is 3. The van der Waals surface area contributed by atoms with Crippen molar-refractivity contribution in [2.45, 2.75) is 71.1 Å². The summed E-state index contributed by atoms with van der Waals surface area (Å²) in [7, 11) is 0. The van der Waals surface area contributed by atoms with Crippen molar-refractivity contribution in [2.75, 3.05) is 0 Å². The van der Waals surface area contributed by atoms with Crippen LogP contribution in [0, 0.1) is 5.92 Å². The smallest absolute Gasteiger partial charge is 0.334 e. The number of aromatic nitrogens is 3. The minimum atomic E-state index is 0.0468. The highest BCUT2D eigenvalue weighted by molar-refractivity contribution is 9.10. The zero-order valence-corrected chi connectivity index (χ0v) is 17.0. The molecule has 26 heavy (non-hydrogen) atoms. The van der Waals surface area contributed by atoms with Gasteiger partial charge in [0.15, 0.2) is 5.65 Å². The summed E-state index contributed by atoms with van der Waals surface area (Å²) in [5, 5.41) is 0. The van der Waals surface area contributed by atoms with E-state index in [-0.39, 0.29) is 17.9 Å². The Bertz CT molecular complexity index is 888. The van der Waals surface area contributed by atoms with E-state index < -0.39 is 0 Å². The molecule has 6 heteroatoms. The molecule has 0 bridgehead atoms. The van der Waals surface area contributed by atoms with Crippen molar-refractivity contribution >= 4 is 32.8 Å². The van der Waals surface area contributed by atoms with Crippen molar-refractivity contribution in [3.05, 3.63) is 33.3 Å². The first-order valence-electron chi connectivity index (χ1n) is 9.64. The summed E-state index contributed by atoms with van der Waals surface area (Å²) < 4.78 is 10.5.